The molecule has 2 heterocycles. The third-order valence-electron chi connectivity index (χ3n) is 5.93. The van der Waals surface area contributed by atoms with E-state index in [2.05, 4.69) is 15.6 Å². The van der Waals surface area contributed by atoms with Crippen LogP contribution in [0.25, 0.3) is 0 Å². The molecule has 0 saturated heterocycles. The van der Waals surface area contributed by atoms with Gasteiger partial charge in [-0.2, -0.15) is 0 Å². The molecule has 1 aliphatic carbocycles. The van der Waals surface area contributed by atoms with E-state index in [0.717, 1.165) is 31.2 Å². The highest BCUT2D eigenvalue weighted by Gasteiger charge is 2.34. The number of nitrogens with zero attached hydrogens (tertiary/aromatic N) is 2. The van der Waals surface area contributed by atoms with E-state index in [-0.39, 0.29) is 30.3 Å². The van der Waals surface area contributed by atoms with Crippen LogP contribution in [-0.2, 0) is 9.59 Å². The highest BCUT2D eigenvalue weighted by molar-refractivity contribution is 7.12. The van der Waals surface area contributed by atoms with Gasteiger partial charge in [-0.3, -0.25) is 24.3 Å². The maximum Gasteiger partial charge on any atom is 0.261 e. The third kappa shape index (κ3) is 5.69. The molecule has 0 radical (unpaired) electrons. The standard InChI is InChI=1S/C26H28N4O3S/c1-18-10-12-21(13-11-18)30(23(31)17-28-25(32)22-9-5-15-34-22)24(19-6-4-14-27-16-19)26(33)29-20-7-2-3-8-20/h4-6,9-16,20,24H,2-3,7-8,17H2,1H3,(H,28,32)(H,29,33)/t24-/m1/s1. The SMILES string of the molecule is Cc1ccc(N(C(=O)CNC(=O)c2cccs2)[C@@H](C(=O)NC2CCCC2)c2cccnc2)cc1. The second-order valence-corrected chi connectivity index (χ2v) is 9.39. The highest BCUT2D eigenvalue weighted by Crippen LogP contribution is 2.29. The second-order valence-electron chi connectivity index (χ2n) is 8.44. The van der Waals surface area contributed by atoms with E-state index in [4.69, 9.17) is 0 Å². The first-order chi connectivity index (χ1) is 16.5. The van der Waals surface area contributed by atoms with Crippen molar-refractivity contribution in [2.75, 3.05) is 11.4 Å². The zero-order valence-corrected chi connectivity index (χ0v) is 19.9. The number of pyridine rings is 1. The van der Waals surface area contributed by atoms with E-state index >= 15 is 0 Å². The molecule has 3 aromatic rings. The monoisotopic (exact) mass is 476 g/mol. The van der Waals surface area contributed by atoms with Gasteiger partial charge in [-0.05, 0) is 49.4 Å². The van der Waals surface area contributed by atoms with Crippen LogP contribution in [0.5, 0.6) is 0 Å². The largest absolute Gasteiger partial charge is 0.351 e. The van der Waals surface area contributed by atoms with Crippen molar-refractivity contribution in [1.29, 1.82) is 0 Å². The molecule has 1 aromatic carbocycles. The summed E-state index contributed by atoms with van der Waals surface area (Å²) in [6.45, 7) is 1.72. The quantitative estimate of drug-likeness (QED) is 0.514. The lowest BCUT2D eigenvalue weighted by Gasteiger charge is -2.32. The molecule has 0 spiro atoms. The van der Waals surface area contributed by atoms with Gasteiger partial charge in [-0.25, -0.2) is 0 Å². The summed E-state index contributed by atoms with van der Waals surface area (Å²) in [5.74, 6) is -0.955. The molecule has 1 atom stereocenters. The number of amides is 3. The number of nitrogens with one attached hydrogen (secondary N) is 2. The summed E-state index contributed by atoms with van der Waals surface area (Å²) in [5.41, 5.74) is 2.23. The molecule has 1 fully saturated rings. The number of aryl methyl sites for hydroxylation is 1. The molecule has 0 unspecified atom stereocenters. The molecule has 1 saturated carbocycles. The predicted molar refractivity (Wildman–Crippen MR) is 133 cm³/mol. The van der Waals surface area contributed by atoms with Crippen LogP contribution < -0.4 is 15.5 Å². The summed E-state index contributed by atoms with van der Waals surface area (Å²) >= 11 is 1.31. The fourth-order valence-electron chi connectivity index (χ4n) is 4.18. The van der Waals surface area contributed by atoms with Crippen molar-refractivity contribution in [2.24, 2.45) is 0 Å². The minimum absolute atomic E-state index is 0.0974. The fourth-order valence-corrected chi connectivity index (χ4v) is 4.82. The normalized spacial score (nSPS) is 14.4. The van der Waals surface area contributed by atoms with Crippen LogP contribution in [-0.4, -0.2) is 35.3 Å². The first-order valence-corrected chi connectivity index (χ1v) is 12.3. The van der Waals surface area contributed by atoms with E-state index in [1.54, 1.807) is 42.0 Å². The average Bonchev–Trinajstić information content (AvgIpc) is 3.57. The Kier molecular flexibility index (Phi) is 7.69. The molecular formula is C26H28N4O3S. The molecule has 1 aliphatic rings. The van der Waals surface area contributed by atoms with Gasteiger partial charge in [-0.1, -0.05) is 42.7 Å². The number of aromatic nitrogens is 1. The lowest BCUT2D eigenvalue weighted by atomic mass is 10.0. The number of benzene rings is 1. The fraction of sp³-hybridized carbons (Fsp3) is 0.308. The molecule has 3 amide bonds. The van der Waals surface area contributed by atoms with Gasteiger partial charge in [0, 0.05) is 29.7 Å². The van der Waals surface area contributed by atoms with Gasteiger partial charge in [0.1, 0.15) is 6.04 Å². The Labute approximate surface area is 203 Å². The molecular weight excluding hydrogens is 448 g/mol. The van der Waals surface area contributed by atoms with Crippen molar-refractivity contribution in [3.8, 4) is 0 Å². The van der Waals surface area contributed by atoms with E-state index in [0.29, 0.717) is 16.1 Å². The Bertz CT molecular complexity index is 1110. The topological polar surface area (TPSA) is 91.4 Å². The van der Waals surface area contributed by atoms with Gasteiger partial charge < -0.3 is 10.6 Å². The smallest absolute Gasteiger partial charge is 0.261 e. The Morgan fingerprint density at radius 2 is 1.85 bits per heavy atom. The van der Waals surface area contributed by atoms with Crippen LogP contribution in [0.3, 0.4) is 0 Å². The molecule has 176 valence electrons. The molecule has 2 N–H and O–H groups in total. The number of carbonyl (C=O) groups is 3. The van der Waals surface area contributed by atoms with E-state index < -0.39 is 6.04 Å². The predicted octanol–water partition coefficient (Wildman–Crippen LogP) is 4.01. The minimum Gasteiger partial charge on any atom is -0.351 e. The maximum absolute atomic E-state index is 13.6. The van der Waals surface area contributed by atoms with Crippen molar-refractivity contribution in [3.05, 3.63) is 82.3 Å². The van der Waals surface area contributed by atoms with E-state index in [1.807, 2.05) is 31.2 Å². The van der Waals surface area contributed by atoms with Gasteiger partial charge in [0.2, 0.25) is 11.8 Å². The molecule has 8 heteroatoms. The van der Waals surface area contributed by atoms with Gasteiger partial charge in [0.15, 0.2) is 0 Å². The van der Waals surface area contributed by atoms with Crippen LogP contribution >= 0.6 is 11.3 Å². The lowest BCUT2D eigenvalue weighted by Crippen LogP contribution is -2.49. The van der Waals surface area contributed by atoms with Crippen molar-refractivity contribution >= 4 is 34.7 Å². The summed E-state index contributed by atoms with van der Waals surface area (Å²) in [4.78, 5) is 45.8. The lowest BCUT2D eigenvalue weighted by molar-refractivity contribution is -0.126. The van der Waals surface area contributed by atoms with Gasteiger partial charge in [-0.15, -0.1) is 11.3 Å². The van der Waals surface area contributed by atoms with Crippen molar-refractivity contribution < 1.29 is 14.4 Å². The average molecular weight is 477 g/mol. The van der Waals surface area contributed by atoms with Crippen LogP contribution in [0, 0.1) is 6.92 Å². The zero-order chi connectivity index (χ0) is 23.9. The zero-order valence-electron chi connectivity index (χ0n) is 19.1. The Hall–Kier alpha value is -3.52. The number of thiophene rings is 1. The van der Waals surface area contributed by atoms with Crippen molar-refractivity contribution in [2.45, 2.75) is 44.7 Å². The highest BCUT2D eigenvalue weighted by atomic mass is 32.1. The first kappa shape index (κ1) is 23.6. The number of hydrogen-bond acceptors (Lipinski definition) is 5. The molecule has 2 aromatic heterocycles. The first-order valence-electron chi connectivity index (χ1n) is 11.4. The Balaban J connectivity index is 1.65. The summed E-state index contributed by atoms with van der Waals surface area (Å²) < 4.78 is 0. The molecule has 0 aliphatic heterocycles. The summed E-state index contributed by atoms with van der Waals surface area (Å²) in [5, 5.41) is 7.64. The number of anilines is 1. The summed E-state index contributed by atoms with van der Waals surface area (Å²) in [7, 11) is 0. The van der Waals surface area contributed by atoms with Crippen LogP contribution in [0.2, 0.25) is 0 Å². The minimum atomic E-state index is -0.914. The van der Waals surface area contributed by atoms with E-state index in [1.165, 1.54) is 16.2 Å². The summed E-state index contributed by atoms with van der Waals surface area (Å²) in [6.07, 6.45) is 7.27. The number of hydrogen-bond donors (Lipinski definition) is 2. The second kappa shape index (κ2) is 11.1. The van der Waals surface area contributed by atoms with Gasteiger partial charge >= 0.3 is 0 Å². The summed E-state index contributed by atoms with van der Waals surface area (Å²) in [6, 6.07) is 13.7. The molecule has 0 bridgehead atoms. The molecule has 34 heavy (non-hydrogen) atoms. The van der Waals surface area contributed by atoms with Gasteiger partial charge in [0.05, 0.1) is 11.4 Å². The number of carbonyl (C=O) groups excluding carboxylic acids is 3. The Morgan fingerprint density at radius 3 is 2.50 bits per heavy atom. The third-order valence-corrected chi connectivity index (χ3v) is 6.80. The number of rotatable bonds is 8. The van der Waals surface area contributed by atoms with Gasteiger partial charge in [0.25, 0.3) is 5.91 Å². The molecule has 7 nitrogen and oxygen atoms in total. The van der Waals surface area contributed by atoms with Crippen molar-refractivity contribution in [3.63, 3.8) is 0 Å². The molecule has 4 rings (SSSR count). The van der Waals surface area contributed by atoms with Crippen LogP contribution in [0.4, 0.5) is 5.69 Å². The van der Waals surface area contributed by atoms with Crippen molar-refractivity contribution in [1.82, 2.24) is 15.6 Å². The maximum atomic E-state index is 13.6. The van der Waals surface area contributed by atoms with E-state index in [9.17, 15) is 14.4 Å². The Morgan fingerprint density at radius 1 is 1.09 bits per heavy atom. The van der Waals surface area contributed by atoms with Crippen LogP contribution in [0.1, 0.15) is 52.5 Å². The van der Waals surface area contributed by atoms with Crippen LogP contribution in [0.15, 0.2) is 66.3 Å².